The van der Waals surface area contributed by atoms with Crippen LogP contribution in [0.1, 0.15) is 24.5 Å². The molecule has 1 aromatic rings. The molecule has 1 heterocycles. The molecule has 0 saturated heterocycles. The maximum absolute atomic E-state index is 12.9. The van der Waals surface area contributed by atoms with E-state index in [0.29, 0.717) is 0 Å². The molecule has 100 valence electrons. The number of nitrogens with zero attached hydrogens (tertiary/aromatic N) is 1. The molecule has 0 fully saturated rings. The molecule has 0 aromatic carbocycles. The van der Waals surface area contributed by atoms with Crippen molar-refractivity contribution < 1.29 is 23.0 Å². The fraction of sp³-hybridized carbons (Fsp3) is 0.455. The number of methoxy groups -OCH3 is 1. The molecule has 0 spiro atoms. The second-order valence-electron chi connectivity index (χ2n) is 3.30. The number of hydrogen-bond donors (Lipinski definition) is 0. The zero-order valence-electron chi connectivity index (χ0n) is 9.87. The molecular weight excluding hydrogens is 312 g/mol. The van der Waals surface area contributed by atoms with Gasteiger partial charge >= 0.3 is 5.97 Å². The first kappa shape index (κ1) is 14.8. The number of esters is 1. The lowest BCUT2D eigenvalue weighted by atomic mass is 10.1. The summed E-state index contributed by atoms with van der Waals surface area (Å²) in [5, 5.41) is 0. The molecule has 0 aliphatic carbocycles. The fourth-order valence-corrected chi connectivity index (χ4v) is 1.91. The Morgan fingerprint density at radius 3 is 2.72 bits per heavy atom. The van der Waals surface area contributed by atoms with E-state index < -0.39 is 12.4 Å². The Morgan fingerprint density at radius 2 is 2.22 bits per heavy atom. The molecule has 4 nitrogen and oxygen atoms in total. The van der Waals surface area contributed by atoms with E-state index in [2.05, 4.69) is 20.9 Å². The highest BCUT2D eigenvalue weighted by Crippen LogP contribution is 2.36. The van der Waals surface area contributed by atoms with Crippen LogP contribution in [0.5, 0.6) is 5.75 Å². The van der Waals surface area contributed by atoms with Gasteiger partial charge in [0.2, 0.25) is 0 Å². The molecule has 0 radical (unpaired) electrons. The van der Waals surface area contributed by atoms with Crippen LogP contribution < -0.4 is 4.74 Å². The van der Waals surface area contributed by atoms with Crippen LogP contribution in [0, 0.1) is 0 Å². The van der Waals surface area contributed by atoms with Crippen molar-refractivity contribution in [2.45, 2.75) is 19.8 Å². The third-order valence-corrected chi connectivity index (χ3v) is 2.79. The summed E-state index contributed by atoms with van der Waals surface area (Å²) in [6.45, 7) is 1.90. The molecule has 1 aromatic heterocycles. The SMILES string of the molecule is CCOC(=O)Cc1cnc(Br)c(C(F)F)c1OC. The van der Waals surface area contributed by atoms with Gasteiger partial charge in [0.25, 0.3) is 6.43 Å². The van der Waals surface area contributed by atoms with Gasteiger partial charge < -0.3 is 9.47 Å². The van der Waals surface area contributed by atoms with E-state index >= 15 is 0 Å². The van der Waals surface area contributed by atoms with Crippen molar-refractivity contribution in [2.24, 2.45) is 0 Å². The summed E-state index contributed by atoms with van der Waals surface area (Å²) in [5.41, 5.74) is -0.0891. The number of halogens is 3. The predicted molar refractivity (Wildman–Crippen MR) is 63.8 cm³/mol. The lowest BCUT2D eigenvalue weighted by Crippen LogP contribution is -2.10. The second-order valence-corrected chi connectivity index (χ2v) is 4.05. The Bertz CT molecular complexity index is 441. The van der Waals surface area contributed by atoms with Crippen molar-refractivity contribution in [3.63, 3.8) is 0 Å². The Hall–Kier alpha value is -1.24. The van der Waals surface area contributed by atoms with E-state index in [1.54, 1.807) is 6.92 Å². The van der Waals surface area contributed by atoms with E-state index in [1.165, 1.54) is 13.3 Å². The zero-order valence-corrected chi connectivity index (χ0v) is 11.5. The summed E-state index contributed by atoms with van der Waals surface area (Å²) in [5.74, 6) is -0.555. The van der Waals surface area contributed by atoms with Gasteiger partial charge in [0, 0.05) is 11.8 Å². The van der Waals surface area contributed by atoms with Crippen molar-refractivity contribution in [3.05, 3.63) is 21.9 Å². The molecule has 0 saturated carbocycles. The number of pyridine rings is 1. The number of carbonyl (C=O) groups excluding carboxylic acids is 1. The van der Waals surface area contributed by atoms with Gasteiger partial charge in [0.15, 0.2) is 0 Å². The van der Waals surface area contributed by atoms with Gasteiger partial charge in [0.1, 0.15) is 10.4 Å². The van der Waals surface area contributed by atoms with E-state index in [0.717, 1.165) is 0 Å². The fourth-order valence-electron chi connectivity index (χ4n) is 1.45. The lowest BCUT2D eigenvalue weighted by molar-refractivity contribution is -0.142. The quantitative estimate of drug-likeness (QED) is 0.617. The van der Waals surface area contributed by atoms with Crippen molar-refractivity contribution >= 4 is 21.9 Å². The smallest absolute Gasteiger partial charge is 0.310 e. The Labute approximate surface area is 111 Å². The third-order valence-electron chi connectivity index (χ3n) is 2.15. The van der Waals surface area contributed by atoms with Gasteiger partial charge in [0.05, 0.1) is 25.7 Å². The highest BCUT2D eigenvalue weighted by Gasteiger charge is 2.23. The minimum absolute atomic E-state index is 0.00181. The molecule has 0 atom stereocenters. The third kappa shape index (κ3) is 3.38. The molecule has 0 unspecified atom stereocenters. The first-order valence-corrected chi connectivity index (χ1v) is 5.95. The molecule has 0 N–H and O–H groups in total. The number of aromatic nitrogens is 1. The van der Waals surface area contributed by atoms with Crippen LogP contribution in [-0.2, 0) is 16.0 Å². The number of hydrogen-bond acceptors (Lipinski definition) is 4. The Kier molecular flexibility index (Phi) is 5.46. The van der Waals surface area contributed by atoms with Gasteiger partial charge in [-0.2, -0.15) is 0 Å². The van der Waals surface area contributed by atoms with E-state index in [4.69, 9.17) is 9.47 Å². The molecule has 0 amide bonds. The van der Waals surface area contributed by atoms with Crippen LogP contribution in [0.4, 0.5) is 8.78 Å². The van der Waals surface area contributed by atoms with E-state index in [9.17, 15) is 13.6 Å². The van der Waals surface area contributed by atoms with Gasteiger partial charge in [-0.05, 0) is 22.9 Å². The van der Waals surface area contributed by atoms with Crippen molar-refractivity contribution in [3.8, 4) is 5.75 Å². The molecule has 0 bridgehead atoms. The maximum Gasteiger partial charge on any atom is 0.310 e. The minimum Gasteiger partial charge on any atom is -0.496 e. The predicted octanol–water partition coefficient (Wildman–Crippen LogP) is 2.90. The van der Waals surface area contributed by atoms with Crippen LogP contribution in [0.2, 0.25) is 0 Å². The summed E-state index contributed by atoms with van der Waals surface area (Å²) in [7, 11) is 1.27. The standard InChI is InChI=1S/C11H12BrF2NO3/c1-3-18-7(16)4-6-5-15-10(12)8(11(13)14)9(6)17-2/h5,11H,3-4H2,1-2H3. The van der Waals surface area contributed by atoms with Crippen LogP contribution in [-0.4, -0.2) is 24.7 Å². The minimum atomic E-state index is -2.75. The summed E-state index contributed by atoms with van der Waals surface area (Å²) in [6.07, 6.45) is -1.59. The van der Waals surface area contributed by atoms with Gasteiger partial charge in [-0.15, -0.1) is 0 Å². The summed E-state index contributed by atoms with van der Waals surface area (Å²) >= 11 is 2.93. The molecule has 7 heteroatoms. The molecule has 0 aliphatic rings. The first-order chi connectivity index (χ1) is 8.51. The number of alkyl halides is 2. The van der Waals surface area contributed by atoms with Gasteiger partial charge in [-0.25, -0.2) is 13.8 Å². The van der Waals surface area contributed by atoms with Gasteiger partial charge in [-0.3, -0.25) is 4.79 Å². The van der Waals surface area contributed by atoms with Gasteiger partial charge in [-0.1, -0.05) is 0 Å². The largest absolute Gasteiger partial charge is 0.496 e. The molecule has 0 aliphatic heterocycles. The maximum atomic E-state index is 12.9. The van der Waals surface area contributed by atoms with Crippen molar-refractivity contribution in [1.82, 2.24) is 4.98 Å². The highest BCUT2D eigenvalue weighted by atomic mass is 79.9. The number of rotatable bonds is 5. The Balaban J connectivity index is 3.13. The zero-order chi connectivity index (χ0) is 13.7. The first-order valence-electron chi connectivity index (χ1n) is 5.16. The van der Waals surface area contributed by atoms with Crippen LogP contribution in [0.25, 0.3) is 0 Å². The second kappa shape index (κ2) is 6.63. The molecule has 18 heavy (non-hydrogen) atoms. The Morgan fingerprint density at radius 1 is 1.56 bits per heavy atom. The highest BCUT2D eigenvalue weighted by molar-refractivity contribution is 9.10. The monoisotopic (exact) mass is 323 g/mol. The van der Waals surface area contributed by atoms with Crippen molar-refractivity contribution in [1.29, 1.82) is 0 Å². The average molecular weight is 324 g/mol. The van der Waals surface area contributed by atoms with E-state index in [1.807, 2.05) is 0 Å². The normalized spacial score (nSPS) is 10.6. The number of ether oxygens (including phenoxy) is 2. The molecule has 1 rings (SSSR count). The molecular formula is C11H12BrF2NO3. The van der Waals surface area contributed by atoms with Crippen molar-refractivity contribution in [2.75, 3.05) is 13.7 Å². The van der Waals surface area contributed by atoms with E-state index in [-0.39, 0.29) is 34.5 Å². The van der Waals surface area contributed by atoms with Crippen LogP contribution in [0.3, 0.4) is 0 Å². The number of carbonyl (C=O) groups is 1. The topological polar surface area (TPSA) is 48.4 Å². The summed E-state index contributed by atoms with van der Waals surface area (Å²) in [4.78, 5) is 15.1. The lowest BCUT2D eigenvalue weighted by Gasteiger charge is -2.13. The summed E-state index contributed by atoms with van der Waals surface area (Å²) < 4.78 is 35.4. The average Bonchev–Trinajstić information content (AvgIpc) is 2.30. The summed E-state index contributed by atoms with van der Waals surface area (Å²) in [6, 6.07) is 0. The van der Waals surface area contributed by atoms with Crippen LogP contribution >= 0.6 is 15.9 Å². The van der Waals surface area contributed by atoms with Crippen LogP contribution in [0.15, 0.2) is 10.8 Å².